The summed E-state index contributed by atoms with van der Waals surface area (Å²) < 4.78 is 34.9. The van der Waals surface area contributed by atoms with Gasteiger partial charge in [-0.15, -0.1) is 12.4 Å². The third kappa shape index (κ3) is 7.19. The molecule has 1 amide bonds. The summed E-state index contributed by atoms with van der Waals surface area (Å²) in [6, 6.07) is 20.9. The Morgan fingerprint density at radius 3 is 2.15 bits per heavy atom. The fourth-order valence-corrected chi connectivity index (χ4v) is 6.98. The van der Waals surface area contributed by atoms with Crippen molar-refractivity contribution >= 4 is 60.7 Å². The molecule has 0 aliphatic carbocycles. The van der Waals surface area contributed by atoms with Crippen LogP contribution in [0.3, 0.4) is 0 Å². The van der Waals surface area contributed by atoms with Gasteiger partial charge in [0.15, 0.2) is 5.13 Å². The maximum atomic E-state index is 13.9. The number of hydrogen-bond acceptors (Lipinski definition) is 7. The zero-order valence-electron chi connectivity index (χ0n) is 23.8. The van der Waals surface area contributed by atoms with Gasteiger partial charge in [-0.2, -0.15) is 0 Å². The van der Waals surface area contributed by atoms with Gasteiger partial charge in [-0.25, -0.2) is 13.4 Å². The van der Waals surface area contributed by atoms with Gasteiger partial charge in [-0.05, 0) is 75.5 Å². The van der Waals surface area contributed by atoms with Crippen molar-refractivity contribution in [1.82, 2.24) is 9.88 Å². The molecule has 1 heterocycles. The van der Waals surface area contributed by atoms with Gasteiger partial charge in [0.2, 0.25) is 0 Å². The molecule has 0 saturated heterocycles. The maximum Gasteiger partial charge on any atom is 0.264 e. The van der Waals surface area contributed by atoms with Gasteiger partial charge < -0.3 is 9.64 Å². The summed E-state index contributed by atoms with van der Waals surface area (Å²) >= 11 is 1.44. The molecule has 0 fully saturated rings. The van der Waals surface area contributed by atoms with Gasteiger partial charge >= 0.3 is 0 Å². The number of hydrogen-bond donors (Lipinski definition) is 0. The first-order valence-corrected chi connectivity index (χ1v) is 15.8. The van der Waals surface area contributed by atoms with Crippen molar-refractivity contribution in [1.29, 1.82) is 0 Å². The average Bonchev–Trinajstić information content (AvgIpc) is 3.41. The number of likely N-dealkylation sites (N-methyl/N-ethyl adjacent to an activating group) is 1. The molecule has 4 aromatic rings. The molecular formula is C30H37ClN4O4S2. The molecule has 0 atom stereocenters. The van der Waals surface area contributed by atoms with E-state index < -0.39 is 10.0 Å². The molecule has 0 spiro atoms. The minimum Gasteiger partial charge on any atom is -0.492 e. The number of thiazole rings is 1. The van der Waals surface area contributed by atoms with E-state index in [-0.39, 0.29) is 29.8 Å². The number of anilines is 2. The molecule has 0 bridgehead atoms. The van der Waals surface area contributed by atoms with Crippen LogP contribution in [0.25, 0.3) is 10.2 Å². The SMILES string of the molecule is CCOc1cccc2sc(N(CCN(CC)CC)C(=O)c3ccc(S(=O)(=O)N(CC)c4ccccc4)cc3)nc12.Cl. The molecule has 0 unspecified atom stereocenters. The van der Waals surface area contributed by atoms with E-state index in [2.05, 4.69) is 18.7 Å². The molecule has 8 nitrogen and oxygen atoms in total. The van der Waals surface area contributed by atoms with Crippen LogP contribution in [0.4, 0.5) is 10.8 Å². The lowest BCUT2D eigenvalue weighted by atomic mass is 10.2. The minimum absolute atomic E-state index is 0. The van der Waals surface area contributed by atoms with Gasteiger partial charge in [0, 0.05) is 25.2 Å². The number of amides is 1. The first-order chi connectivity index (χ1) is 19.3. The quantitative estimate of drug-likeness (QED) is 0.175. The number of aromatic nitrogens is 1. The maximum absolute atomic E-state index is 13.9. The zero-order chi connectivity index (χ0) is 28.7. The number of nitrogens with zero attached hydrogens (tertiary/aromatic N) is 4. The highest BCUT2D eigenvalue weighted by molar-refractivity contribution is 7.92. The first kappa shape index (κ1) is 32.3. The highest BCUT2D eigenvalue weighted by Gasteiger charge is 2.26. The Balaban J connectivity index is 0.00000462. The topological polar surface area (TPSA) is 83.0 Å². The zero-order valence-corrected chi connectivity index (χ0v) is 26.3. The molecular weight excluding hydrogens is 580 g/mol. The van der Waals surface area contributed by atoms with Gasteiger partial charge in [0.1, 0.15) is 11.3 Å². The molecule has 11 heteroatoms. The normalized spacial score (nSPS) is 11.3. The van der Waals surface area contributed by atoms with E-state index in [9.17, 15) is 13.2 Å². The summed E-state index contributed by atoms with van der Waals surface area (Å²) in [5.74, 6) is 0.454. The van der Waals surface area contributed by atoms with Crippen LogP contribution in [0.2, 0.25) is 0 Å². The van der Waals surface area contributed by atoms with E-state index >= 15 is 0 Å². The van der Waals surface area contributed by atoms with Gasteiger partial charge in [-0.3, -0.25) is 14.0 Å². The lowest BCUT2D eigenvalue weighted by Gasteiger charge is -2.25. The smallest absolute Gasteiger partial charge is 0.264 e. The Kier molecular flexibility index (Phi) is 11.5. The Hall–Kier alpha value is -3.18. The Labute approximate surface area is 253 Å². The number of carbonyl (C=O) groups is 1. The Morgan fingerprint density at radius 2 is 1.54 bits per heavy atom. The second-order valence-electron chi connectivity index (χ2n) is 9.05. The van der Waals surface area contributed by atoms with Gasteiger partial charge in [0.25, 0.3) is 15.9 Å². The van der Waals surface area contributed by atoms with Crippen LogP contribution in [-0.4, -0.2) is 63.5 Å². The average molecular weight is 617 g/mol. The van der Waals surface area contributed by atoms with Crippen LogP contribution in [0.5, 0.6) is 5.75 Å². The lowest BCUT2D eigenvalue weighted by Crippen LogP contribution is -2.39. The highest BCUT2D eigenvalue weighted by Crippen LogP contribution is 2.35. The molecule has 0 aliphatic rings. The molecule has 41 heavy (non-hydrogen) atoms. The van der Waals surface area contributed by atoms with Crippen molar-refractivity contribution in [2.45, 2.75) is 32.6 Å². The summed E-state index contributed by atoms with van der Waals surface area (Å²) in [6.45, 7) is 11.6. The van der Waals surface area contributed by atoms with Crippen molar-refractivity contribution < 1.29 is 17.9 Å². The number of carbonyl (C=O) groups excluding carboxylic acids is 1. The van der Waals surface area contributed by atoms with Crippen molar-refractivity contribution in [3.8, 4) is 5.75 Å². The number of para-hydroxylation sites is 2. The minimum atomic E-state index is -3.80. The monoisotopic (exact) mass is 616 g/mol. The lowest BCUT2D eigenvalue weighted by molar-refractivity contribution is 0.0983. The van der Waals surface area contributed by atoms with E-state index in [0.29, 0.717) is 41.8 Å². The third-order valence-corrected chi connectivity index (χ3v) is 9.66. The predicted octanol–water partition coefficient (Wildman–Crippen LogP) is 6.32. The molecule has 0 saturated carbocycles. The highest BCUT2D eigenvalue weighted by atomic mass is 35.5. The molecule has 4 rings (SSSR count). The summed E-state index contributed by atoms with van der Waals surface area (Å²) in [5, 5.41) is 0.581. The summed E-state index contributed by atoms with van der Waals surface area (Å²) in [4.78, 5) is 22.8. The van der Waals surface area contributed by atoms with Crippen molar-refractivity contribution in [2.75, 3.05) is 48.5 Å². The fourth-order valence-electron chi connectivity index (χ4n) is 4.50. The Bertz CT molecular complexity index is 1530. The van der Waals surface area contributed by atoms with Crippen LogP contribution in [0, 0.1) is 0 Å². The molecule has 1 aromatic heterocycles. The van der Waals surface area contributed by atoms with E-state index in [1.807, 2.05) is 31.2 Å². The van der Waals surface area contributed by atoms with E-state index in [1.54, 1.807) is 48.2 Å². The number of fused-ring (bicyclic) bond motifs is 1. The van der Waals surface area contributed by atoms with Crippen LogP contribution < -0.4 is 13.9 Å². The number of sulfonamides is 1. The molecule has 0 N–H and O–H groups in total. The molecule has 0 radical (unpaired) electrons. The molecule has 220 valence electrons. The fraction of sp³-hybridized carbons (Fsp3) is 0.333. The van der Waals surface area contributed by atoms with Crippen molar-refractivity contribution in [3.05, 3.63) is 78.4 Å². The van der Waals surface area contributed by atoms with Crippen LogP contribution in [0.1, 0.15) is 38.1 Å². The molecule has 0 aliphatic heterocycles. The standard InChI is InChI=1S/C30H36N4O4S2.ClH/c1-5-32(6-2)21-22-33(30-31-28-26(38-8-4)15-12-16-27(28)39-30)29(35)23-17-19-25(20-18-23)40(36,37)34(7-3)24-13-10-9-11-14-24;/h9-20H,5-8,21-22H2,1-4H3;1H. The van der Waals surface area contributed by atoms with E-state index in [4.69, 9.17) is 9.72 Å². The predicted molar refractivity (Wildman–Crippen MR) is 171 cm³/mol. The number of rotatable bonds is 13. The van der Waals surface area contributed by atoms with Crippen LogP contribution in [0.15, 0.2) is 77.7 Å². The Morgan fingerprint density at radius 1 is 0.854 bits per heavy atom. The van der Waals surface area contributed by atoms with Crippen molar-refractivity contribution in [3.63, 3.8) is 0 Å². The molecule has 3 aromatic carbocycles. The summed E-state index contributed by atoms with van der Waals surface area (Å²) in [5.41, 5.74) is 1.72. The second kappa shape index (κ2) is 14.6. The van der Waals surface area contributed by atoms with Crippen LogP contribution in [-0.2, 0) is 10.0 Å². The summed E-state index contributed by atoms with van der Waals surface area (Å²) in [6.07, 6.45) is 0. The first-order valence-electron chi connectivity index (χ1n) is 13.6. The second-order valence-corrected chi connectivity index (χ2v) is 11.9. The van der Waals surface area contributed by atoms with E-state index in [1.165, 1.54) is 27.8 Å². The third-order valence-electron chi connectivity index (χ3n) is 6.70. The van der Waals surface area contributed by atoms with E-state index in [0.717, 1.165) is 23.3 Å². The number of benzene rings is 3. The van der Waals surface area contributed by atoms with Gasteiger partial charge in [-0.1, -0.05) is 49.4 Å². The van der Waals surface area contributed by atoms with Crippen LogP contribution >= 0.6 is 23.7 Å². The number of halogens is 1. The van der Waals surface area contributed by atoms with Gasteiger partial charge in [0.05, 0.1) is 21.9 Å². The van der Waals surface area contributed by atoms with Crippen molar-refractivity contribution in [2.24, 2.45) is 0 Å². The summed E-state index contributed by atoms with van der Waals surface area (Å²) in [7, 11) is -3.80. The number of ether oxygens (including phenoxy) is 1. The largest absolute Gasteiger partial charge is 0.492 e.